The molecule has 0 radical (unpaired) electrons. The summed E-state index contributed by atoms with van der Waals surface area (Å²) in [6.07, 6.45) is -0.582. The van der Waals surface area contributed by atoms with Crippen molar-refractivity contribution in [1.29, 1.82) is 0 Å². The van der Waals surface area contributed by atoms with E-state index in [9.17, 15) is 18.0 Å². The summed E-state index contributed by atoms with van der Waals surface area (Å²) in [4.78, 5) is 14.1. The van der Waals surface area contributed by atoms with Gasteiger partial charge in [0.25, 0.3) is 0 Å². The molecule has 0 aliphatic heterocycles. The van der Waals surface area contributed by atoms with Gasteiger partial charge < -0.3 is 4.90 Å². The Hall–Kier alpha value is -0.260. The van der Waals surface area contributed by atoms with E-state index < -0.39 is 18.0 Å². The number of halogens is 4. The number of carbonyl (C=O) groups excluding carboxylic acids is 1. The van der Waals surface area contributed by atoms with Crippen LogP contribution in [-0.2, 0) is 4.79 Å². The zero-order valence-electron chi connectivity index (χ0n) is 10.8. The lowest BCUT2D eigenvalue weighted by molar-refractivity contribution is -0.201. The Kier molecular flexibility index (Phi) is 4.79. The zero-order chi connectivity index (χ0) is 14.0. The molecule has 0 saturated heterocycles. The number of hydrogen-bond acceptors (Lipinski definition) is 1. The standard InChI is InChI=1S/C13H19BrF3NO/c14-7-8-18(9-5-6-9)12(19)10-3-1-2-4-11(10)13(15,16)17/h9-11H,1-8H2. The minimum absolute atomic E-state index is 0.104. The quantitative estimate of drug-likeness (QED) is 0.713. The van der Waals surface area contributed by atoms with Crippen molar-refractivity contribution in [3.05, 3.63) is 0 Å². The molecule has 19 heavy (non-hydrogen) atoms. The third-order valence-electron chi connectivity index (χ3n) is 4.10. The molecule has 2 rings (SSSR count). The van der Waals surface area contributed by atoms with Gasteiger partial charge in [0.05, 0.1) is 5.92 Å². The number of alkyl halides is 4. The second-order valence-electron chi connectivity index (χ2n) is 5.49. The van der Waals surface area contributed by atoms with Crippen LogP contribution in [0.25, 0.3) is 0 Å². The fourth-order valence-electron chi connectivity index (χ4n) is 2.98. The highest BCUT2D eigenvalue weighted by atomic mass is 79.9. The van der Waals surface area contributed by atoms with Crippen molar-refractivity contribution in [1.82, 2.24) is 4.90 Å². The SMILES string of the molecule is O=C(C1CCCCC1C(F)(F)F)N(CCBr)C1CC1. The van der Waals surface area contributed by atoms with Crippen LogP contribution >= 0.6 is 15.9 Å². The van der Waals surface area contributed by atoms with Crippen LogP contribution in [0.2, 0.25) is 0 Å². The molecule has 0 spiro atoms. The second kappa shape index (κ2) is 6.02. The Labute approximate surface area is 119 Å². The molecule has 2 fully saturated rings. The van der Waals surface area contributed by atoms with Crippen LogP contribution in [0.3, 0.4) is 0 Å². The number of nitrogens with zero attached hydrogens (tertiary/aromatic N) is 1. The molecule has 0 bridgehead atoms. The molecule has 0 N–H and O–H groups in total. The molecule has 0 heterocycles. The fourth-order valence-corrected chi connectivity index (χ4v) is 3.36. The maximum atomic E-state index is 13.0. The van der Waals surface area contributed by atoms with Crippen molar-refractivity contribution >= 4 is 21.8 Å². The van der Waals surface area contributed by atoms with Crippen molar-refractivity contribution in [2.45, 2.75) is 50.7 Å². The average molecular weight is 342 g/mol. The normalized spacial score (nSPS) is 28.2. The summed E-state index contributed by atoms with van der Waals surface area (Å²) in [7, 11) is 0. The highest BCUT2D eigenvalue weighted by Crippen LogP contribution is 2.43. The summed E-state index contributed by atoms with van der Waals surface area (Å²) >= 11 is 3.28. The van der Waals surface area contributed by atoms with E-state index in [4.69, 9.17) is 0 Å². The van der Waals surface area contributed by atoms with Gasteiger partial charge in [-0.05, 0) is 25.7 Å². The summed E-state index contributed by atoms with van der Waals surface area (Å²) < 4.78 is 39.1. The van der Waals surface area contributed by atoms with Crippen molar-refractivity contribution in [2.24, 2.45) is 11.8 Å². The van der Waals surface area contributed by atoms with Crippen LogP contribution in [0.15, 0.2) is 0 Å². The van der Waals surface area contributed by atoms with Gasteiger partial charge in [0.2, 0.25) is 5.91 Å². The fraction of sp³-hybridized carbons (Fsp3) is 0.923. The van der Waals surface area contributed by atoms with E-state index in [0.717, 1.165) is 19.3 Å². The molecule has 2 aliphatic carbocycles. The van der Waals surface area contributed by atoms with E-state index in [2.05, 4.69) is 15.9 Å². The molecule has 2 unspecified atom stereocenters. The predicted molar refractivity (Wildman–Crippen MR) is 70.0 cm³/mol. The minimum Gasteiger partial charge on any atom is -0.339 e. The first-order valence-electron chi connectivity index (χ1n) is 6.88. The summed E-state index contributed by atoms with van der Waals surface area (Å²) in [5, 5.41) is 0.624. The number of carbonyl (C=O) groups is 1. The zero-order valence-corrected chi connectivity index (χ0v) is 12.3. The lowest BCUT2D eigenvalue weighted by Gasteiger charge is -2.35. The number of rotatable bonds is 4. The lowest BCUT2D eigenvalue weighted by Crippen LogP contribution is -2.46. The van der Waals surface area contributed by atoms with Gasteiger partial charge in [-0.25, -0.2) is 0 Å². The minimum atomic E-state index is -4.25. The van der Waals surface area contributed by atoms with Gasteiger partial charge in [0.15, 0.2) is 0 Å². The molecular weight excluding hydrogens is 323 g/mol. The first-order chi connectivity index (χ1) is 8.95. The molecule has 2 aliphatic rings. The summed E-state index contributed by atoms with van der Waals surface area (Å²) in [5.41, 5.74) is 0. The van der Waals surface area contributed by atoms with Crippen LogP contribution in [-0.4, -0.2) is 34.9 Å². The smallest absolute Gasteiger partial charge is 0.339 e. The molecule has 2 saturated carbocycles. The largest absolute Gasteiger partial charge is 0.392 e. The molecule has 0 aromatic rings. The van der Waals surface area contributed by atoms with Crippen molar-refractivity contribution in [3.63, 3.8) is 0 Å². The summed E-state index contributed by atoms with van der Waals surface area (Å²) in [5.74, 6) is -2.57. The molecule has 110 valence electrons. The lowest BCUT2D eigenvalue weighted by atomic mass is 9.78. The molecular formula is C13H19BrF3NO. The van der Waals surface area contributed by atoms with Crippen molar-refractivity contribution in [3.8, 4) is 0 Å². The van der Waals surface area contributed by atoms with Crippen molar-refractivity contribution < 1.29 is 18.0 Å². The van der Waals surface area contributed by atoms with Gasteiger partial charge in [-0.2, -0.15) is 13.2 Å². The Morgan fingerprint density at radius 3 is 2.32 bits per heavy atom. The molecule has 1 amide bonds. The van der Waals surface area contributed by atoms with E-state index >= 15 is 0 Å². The van der Waals surface area contributed by atoms with Crippen LogP contribution in [0.5, 0.6) is 0 Å². The van der Waals surface area contributed by atoms with Crippen LogP contribution < -0.4 is 0 Å². The van der Waals surface area contributed by atoms with Gasteiger partial charge >= 0.3 is 6.18 Å². The van der Waals surface area contributed by atoms with E-state index in [1.807, 2.05) is 0 Å². The maximum absolute atomic E-state index is 13.0. The van der Waals surface area contributed by atoms with Gasteiger partial charge in [-0.15, -0.1) is 0 Å². The van der Waals surface area contributed by atoms with Gasteiger partial charge in [0.1, 0.15) is 0 Å². The number of amides is 1. The van der Waals surface area contributed by atoms with Crippen LogP contribution in [0, 0.1) is 11.8 Å². The van der Waals surface area contributed by atoms with Gasteiger partial charge in [0, 0.05) is 23.8 Å². The molecule has 6 heteroatoms. The summed E-state index contributed by atoms with van der Waals surface area (Å²) in [6, 6.07) is 0.181. The Balaban J connectivity index is 2.09. The average Bonchev–Trinajstić information content (AvgIpc) is 3.18. The molecule has 0 aromatic carbocycles. The Bertz CT molecular complexity index is 330. The molecule has 0 aromatic heterocycles. The van der Waals surface area contributed by atoms with Gasteiger partial charge in [-0.3, -0.25) is 4.79 Å². The Morgan fingerprint density at radius 2 is 1.79 bits per heavy atom. The highest BCUT2D eigenvalue weighted by molar-refractivity contribution is 9.09. The van der Waals surface area contributed by atoms with E-state index in [-0.39, 0.29) is 18.4 Å². The summed E-state index contributed by atoms with van der Waals surface area (Å²) in [6.45, 7) is 0.518. The highest BCUT2D eigenvalue weighted by Gasteiger charge is 2.50. The third kappa shape index (κ3) is 3.64. The first kappa shape index (κ1) is 15.1. The first-order valence-corrected chi connectivity index (χ1v) is 8.00. The monoisotopic (exact) mass is 341 g/mol. The van der Waals surface area contributed by atoms with Crippen molar-refractivity contribution in [2.75, 3.05) is 11.9 Å². The topological polar surface area (TPSA) is 20.3 Å². The Morgan fingerprint density at radius 1 is 1.16 bits per heavy atom. The van der Waals surface area contributed by atoms with Gasteiger partial charge in [-0.1, -0.05) is 28.8 Å². The predicted octanol–water partition coefficient (Wildman–Crippen LogP) is 3.74. The maximum Gasteiger partial charge on any atom is 0.392 e. The molecule has 2 nitrogen and oxygen atoms in total. The van der Waals surface area contributed by atoms with E-state index in [1.54, 1.807) is 4.90 Å². The number of hydrogen-bond donors (Lipinski definition) is 0. The van der Waals surface area contributed by atoms with Crippen LogP contribution in [0.1, 0.15) is 38.5 Å². The third-order valence-corrected chi connectivity index (χ3v) is 4.45. The molecule has 2 atom stereocenters. The second-order valence-corrected chi connectivity index (χ2v) is 6.28. The van der Waals surface area contributed by atoms with E-state index in [0.29, 0.717) is 24.7 Å². The van der Waals surface area contributed by atoms with Crippen LogP contribution in [0.4, 0.5) is 13.2 Å². The van der Waals surface area contributed by atoms with E-state index in [1.165, 1.54) is 0 Å².